The molecule has 2 aromatic rings. The van der Waals surface area contributed by atoms with Crippen LogP contribution in [0.1, 0.15) is 16.7 Å². The first kappa shape index (κ1) is 18.2. The molecule has 0 fully saturated rings. The van der Waals surface area contributed by atoms with E-state index in [0.29, 0.717) is 5.17 Å². The molecule has 1 amide bonds. The third kappa shape index (κ3) is 3.36. The van der Waals surface area contributed by atoms with Crippen LogP contribution in [0, 0.1) is 12.3 Å². The van der Waals surface area contributed by atoms with E-state index in [0.717, 1.165) is 27.4 Å². The summed E-state index contributed by atoms with van der Waals surface area (Å²) in [6.45, 7) is 2.02. The lowest BCUT2D eigenvalue weighted by Gasteiger charge is -2.20. The van der Waals surface area contributed by atoms with Gasteiger partial charge < -0.3 is 4.90 Å². The molecule has 0 unspecified atom stereocenters. The number of hydrogen-bond donors (Lipinski definition) is 1. The molecule has 0 saturated carbocycles. The van der Waals surface area contributed by atoms with E-state index in [1.54, 1.807) is 6.08 Å². The largest absolute Gasteiger partial charge is 0.378 e. The monoisotopic (exact) mass is 389 g/mol. The summed E-state index contributed by atoms with van der Waals surface area (Å²) in [5.74, 6) is -0.372. The number of hydrogen-bond acceptors (Lipinski definition) is 5. The minimum atomic E-state index is -0.416. The van der Waals surface area contributed by atoms with E-state index in [4.69, 9.17) is 5.41 Å². The fourth-order valence-corrected chi connectivity index (χ4v) is 3.81. The molecule has 0 spiro atoms. The Hall–Kier alpha value is -3.19. The van der Waals surface area contributed by atoms with Crippen molar-refractivity contribution in [2.75, 3.05) is 19.0 Å². The number of hydrazone groups is 1. The minimum Gasteiger partial charge on any atom is -0.378 e. The lowest BCUT2D eigenvalue weighted by atomic mass is 10.1. The van der Waals surface area contributed by atoms with Gasteiger partial charge in [-0.15, -0.1) is 0 Å². The van der Waals surface area contributed by atoms with Crippen molar-refractivity contribution in [1.29, 1.82) is 5.41 Å². The van der Waals surface area contributed by atoms with Crippen molar-refractivity contribution < 1.29 is 4.79 Å². The van der Waals surface area contributed by atoms with Crippen LogP contribution in [0.2, 0.25) is 0 Å². The van der Waals surface area contributed by atoms with Crippen molar-refractivity contribution in [2.45, 2.75) is 6.92 Å². The van der Waals surface area contributed by atoms with Crippen LogP contribution >= 0.6 is 11.8 Å². The van der Waals surface area contributed by atoms with E-state index < -0.39 is 5.91 Å². The molecule has 7 heteroatoms. The summed E-state index contributed by atoms with van der Waals surface area (Å²) in [6, 6.07) is 15.8. The number of amidine groups is 2. The molecule has 140 valence electrons. The molecule has 0 atom stereocenters. The number of benzene rings is 2. The van der Waals surface area contributed by atoms with Gasteiger partial charge in [0.05, 0.1) is 5.57 Å². The van der Waals surface area contributed by atoms with E-state index >= 15 is 0 Å². The summed E-state index contributed by atoms with van der Waals surface area (Å²) >= 11 is 1.31. The minimum absolute atomic E-state index is 0.0434. The van der Waals surface area contributed by atoms with Gasteiger partial charge in [-0.05, 0) is 48.5 Å². The Kier molecular flexibility index (Phi) is 4.60. The summed E-state index contributed by atoms with van der Waals surface area (Å²) in [7, 11) is 3.94. The first-order chi connectivity index (χ1) is 13.4. The Bertz CT molecular complexity index is 1070. The van der Waals surface area contributed by atoms with Gasteiger partial charge in [-0.1, -0.05) is 35.9 Å². The molecule has 0 aromatic heterocycles. The second kappa shape index (κ2) is 7.09. The first-order valence-electron chi connectivity index (χ1n) is 8.77. The number of nitrogens with one attached hydrogen (secondary N) is 1. The number of aryl methyl sites for hydroxylation is 1. The molecule has 2 aromatic carbocycles. The summed E-state index contributed by atoms with van der Waals surface area (Å²) in [4.78, 5) is 18.7. The number of thioether (sulfide) groups is 1. The number of anilines is 1. The average molecular weight is 389 g/mol. The van der Waals surface area contributed by atoms with Crippen molar-refractivity contribution in [3.8, 4) is 0 Å². The van der Waals surface area contributed by atoms with E-state index in [1.807, 2.05) is 74.4 Å². The van der Waals surface area contributed by atoms with Crippen LogP contribution in [0.3, 0.4) is 0 Å². The predicted octanol–water partition coefficient (Wildman–Crippen LogP) is 3.73. The van der Waals surface area contributed by atoms with Gasteiger partial charge in [-0.3, -0.25) is 10.2 Å². The van der Waals surface area contributed by atoms with Gasteiger partial charge in [-0.25, -0.2) is 0 Å². The fraction of sp³-hybridized carbons (Fsp3) is 0.143. The Morgan fingerprint density at radius 1 is 1.14 bits per heavy atom. The summed E-state index contributed by atoms with van der Waals surface area (Å²) < 4.78 is 0. The number of aliphatic imine (C=N–C) groups is 1. The summed E-state index contributed by atoms with van der Waals surface area (Å²) in [6.07, 6.45) is 1.69. The van der Waals surface area contributed by atoms with Gasteiger partial charge in [0.15, 0.2) is 5.84 Å². The number of nitrogens with zero attached hydrogens (tertiary/aromatic N) is 4. The lowest BCUT2D eigenvalue weighted by Crippen LogP contribution is -2.35. The first-order valence-corrected chi connectivity index (χ1v) is 9.59. The highest BCUT2D eigenvalue weighted by Crippen LogP contribution is 2.31. The number of rotatable bonds is 3. The standard InChI is InChI=1S/C21H19N5OS/c1-13-5-4-6-15(11-13)20-24-26-18(22)17(19(27)23-21(26)28-20)12-14-7-9-16(10-8-14)25(2)3/h4-12,22H,1-3H3/b17-12+,22-18?. The smallest absolute Gasteiger partial charge is 0.283 e. The van der Waals surface area contributed by atoms with Gasteiger partial charge >= 0.3 is 0 Å². The molecule has 0 aliphatic carbocycles. The second-order valence-electron chi connectivity index (χ2n) is 6.78. The molecule has 6 nitrogen and oxygen atoms in total. The SMILES string of the molecule is Cc1cccc(C2=NN3C(=N)/C(=C\c4ccc(N(C)C)cc4)C(=O)N=C3S2)c1. The molecule has 2 aliphatic heterocycles. The fourth-order valence-electron chi connectivity index (χ4n) is 2.92. The van der Waals surface area contributed by atoms with Crippen molar-refractivity contribution in [1.82, 2.24) is 5.01 Å². The topological polar surface area (TPSA) is 72.1 Å². The zero-order chi connectivity index (χ0) is 19.8. The third-order valence-electron chi connectivity index (χ3n) is 4.44. The molecule has 28 heavy (non-hydrogen) atoms. The van der Waals surface area contributed by atoms with Gasteiger partial charge in [0.2, 0.25) is 5.17 Å². The summed E-state index contributed by atoms with van der Waals surface area (Å²) in [5, 5.41) is 15.6. The highest BCUT2D eigenvalue weighted by Gasteiger charge is 2.36. The van der Waals surface area contributed by atoms with Gasteiger partial charge in [0.1, 0.15) is 5.04 Å². The molecule has 2 heterocycles. The maximum absolute atomic E-state index is 12.5. The zero-order valence-corrected chi connectivity index (χ0v) is 16.6. The molecular formula is C21H19N5OS. The molecule has 4 rings (SSSR count). The maximum atomic E-state index is 12.5. The van der Waals surface area contributed by atoms with Gasteiger partial charge in [0, 0.05) is 25.3 Å². The average Bonchev–Trinajstić information content (AvgIpc) is 3.10. The Labute approximate surface area is 167 Å². The van der Waals surface area contributed by atoms with Crippen molar-refractivity contribution in [2.24, 2.45) is 10.1 Å². The van der Waals surface area contributed by atoms with Crippen LogP contribution in [-0.2, 0) is 4.79 Å². The highest BCUT2D eigenvalue weighted by molar-refractivity contribution is 8.27. The number of carbonyl (C=O) groups is 1. The molecular weight excluding hydrogens is 370 g/mol. The highest BCUT2D eigenvalue weighted by atomic mass is 32.2. The van der Waals surface area contributed by atoms with Crippen molar-refractivity contribution in [3.05, 3.63) is 70.8 Å². The number of carbonyl (C=O) groups excluding carboxylic acids is 1. The van der Waals surface area contributed by atoms with E-state index in [-0.39, 0.29) is 11.4 Å². The summed E-state index contributed by atoms with van der Waals surface area (Å²) in [5.41, 5.74) is 4.21. The molecule has 2 aliphatic rings. The van der Waals surface area contributed by atoms with E-state index in [2.05, 4.69) is 10.1 Å². The van der Waals surface area contributed by atoms with Crippen LogP contribution < -0.4 is 4.90 Å². The van der Waals surface area contributed by atoms with Crippen molar-refractivity contribution >= 4 is 45.5 Å². The predicted molar refractivity (Wildman–Crippen MR) is 116 cm³/mol. The van der Waals surface area contributed by atoms with E-state index in [9.17, 15) is 4.79 Å². The molecule has 0 bridgehead atoms. The molecule has 1 N–H and O–H groups in total. The quantitative estimate of drug-likeness (QED) is 0.812. The van der Waals surface area contributed by atoms with Crippen molar-refractivity contribution in [3.63, 3.8) is 0 Å². The molecule has 0 saturated heterocycles. The van der Waals surface area contributed by atoms with Crippen LogP contribution in [0.25, 0.3) is 6.08 Å². The normalized spacial score (nSPS) is 17.5. The van der Waals surface area contributed by atoms with Crippen LogP contribution in [-0.4, -0.2) is 41.1 Å². The Morgan fingerprint density at radius 2 is 1.89 bits per heavy atom. The zero-order valence-electron chi connectivity index (χ0n) is 15.8. The maximum Gasteiger partial charge on any atom is 0.283 e. The lowest BCUT2D eigenvalue weighted by molar-refractivity contribution is -0.114. The van der Waals surface area contributed by atoms with Gasteiger partial charge in [-0.2, -0.15) is 15.1 Å². The van der Waals surface area contributed by atoms with Gasteiger partial charge in [0.25, 0.3) is 5.91 Å². The molecule has 0 radical (unpaired) electrons. The van der Waals surface area contributed by atoms with Crippen LogP contribution in [0.5, 0.6) is 0 Å². The number of fused-ring (bicyclic) bond motifs is 1. The third-order valence-corrected chi connectivity index (χ3v) is 5.40. The second-order valence-corrected chi connectivity index (χ2v) is 7.74. The van der Waals surface area contributed by atoms with Crippen LogP contribution in [0.4, 0.5) is 5.69 Å². The number of amides is 1. The Morgan fingerprint density at radius 3 is 2.57 bits per heavy atom. The van der Waals surface area contributed by atoms with Crippen LogP contribution in [0.15, 0.2) is 64.2 Å². The van der Waals surface area contributed by atoms with E-state index in [1.165, 1.54) is 16.8 Å². The Balaban J connectivity index is 1.65.